The summed E-state index contributed by atoms with van der Waals surface area (Å²) in [4.78, 5) is 11.4. The van der Waals surface area contributed by atoms with Gasteiger partial charge in [0.15, 0.2) is 0 Å². The van der Waals surface area contributed by atoms with Crippen LogP contribution in [0.2, 0.25) is 0 Å². The molecule has 0 bridgehead atoms. The van der Waals surface area contributed by atoms with E-state index in [1.165, 1.54) is 40.7 Å². The molecule has 3 rings (SSSR count). The molecule has 0 amide bonds. The van der Waals surface area contributed by atoms with Gasteiger partial charge in [-0.25, -0.2) is 4.79 Å². The van der Waals surface area contributed by atoms with Crippen molar-refractivity contribution >= 4 is 17.6 Å². The van der Waals surface area contributed by atoms with Gasteiger partial charge in [0.2, 0.25) is 0 Å². The summed E-state index contributed by atoms with van der Waals surface area (Å²) in [6, 6.07) is 11.8. The zero-order chi connectivity index (χ0) is 21.4. The van der Waals surface area contributed by atoms with E-state index >= 15 is 0 Å². The van der Waals surface area contributed by atoms with Gasteiger partial charge in [-0.1, -0.05) is 76.3 Å². The lowest BCUT2D eigenvalue weighted by molar-refractivity contribution is 0.0696. The van der Waals surface area contributed by atoms with Gasteiger partial charge in [-0.3, -0.25) is 0 Å². The van der Waals surface area contributed by atoms with Crippen LogP contribution in [-0.2, 0) is 10.8 Å². The first-order chi connectivity index (χ1) is 13.5. The largest absolute Gasteiger partial charge is 0.478 e. The molecule has 0 saturated carbocycles. The molecule has 2 aromatic rings. The fourth-order valence-corrected chi connectivity index (χ4v) is 4.37. The van der Waals surface area contributed by atoms with E-state index in [0.29, 0.717) is 11.1 Å². The number of hydrogen-bond acceptors (Lipinski definition) is 1. The topological polar surface area (TPSA) is 37.3 Å². The third-order valence-electron chi connectivity index (χ3n) is 6.44. The third kappa shape index (κ3) is 4.22. The average Bonchev–Trinajstić information content (AvgIpc) is 2.65. The van der Waals surface area contributed by atoms with E-state index in [-0.39, 0.29) is 10.8 Å². The quantitative estimate of drug-likeness (QED) is 0.564. The molecule has 29 heavy (non-hydrogen) atoms. The smallest absolute Gasteiger partial charge is 0.336 e. The van der Waals surface area contributed by atoms with Crippen molar-refractivity contribution < 1.29 is 9.90 Å². The zero-order valence-corrected chi connectivity index (χ0v) is 18.5. The van der Waals surface area contributed by atoms with E-state index in [0.717, 1.165) is 0 Å². The molecule has 0 saturated heterocycles. The highest BCUT2D eigenvalue weighted by Gasteiger charge is 2.37. The number of carboxylic acids is 1. The highest BCUT2D eigenvalue weighted by molar-refractivity contribution is 5.92. The highest BCUT2D eigenvalue weighted by atomic mass is 16.4. The summed E-state index contributed by atoms with van der Waals surface area (Å²) in [5, 5.41) is 9.34. The molecular weight excluding hydrogens is 356 g/mol. The number of allylic oxidation sites excluding steroid dienone is 3. The molecule has 0 heterocycles. The van der Waals surface area contributed by atoms with Crippen molar-refractivity contribution in [2.75, 3.05) is 0 Å². The first-order valence-electron chi connectivity index (χ1n) is 10.4. The van der Waals surface area contributed by atoms with Crippen LogP contribution in [0.3, 0.4) is 0 Å². The predicted octanol–water partition coefficient (Wildman–Crippen LogP) is 7.16. The lowest BCUT2D eigenvalue weighted by Crippen LogP contribution is -2.34. The molecule has 1 aliphatic carbocycles. The first-order valence-corrected chi connectivity index (χ1v) is 10.4. The molecule has 0 spiro atoms. The molecule has 2 heteroatoms. The van der Waals surface area contributed by atoms with E-state index in [1.54, 1.807) is 12.1 Å². The van der Waals surface area contributed by atoms with Crippen LogP contribution < -0.4 is 0 Å². The second-order valence-electron chi connectivity index (χ2n) is 9.58. The van der Waals surface area contributed by atoms with Crippen LogP contribution in [0.1, 0.15) is 85.6 Å². The Bertz CT molecular complexity index is 1000. The molecular formula is C27H32O2. The van der Waals surface area contributed by atoms with Crippen LogP contribution in [-0.4, -0.2) is 11.1 Å². The molecule has 0 aromatic heterocycles. The van der Waals surface area contributed by atoms with Crippen LogP contribution in [0.15, 0.2) is 48.6 Å². The first kappa shape index (κ1) is 21.1. The average molecular weight is 389 g/mol. The molecule has 1 aliphatic rings. The SMILES string of the molecule is C/C(=C\C=C\c1ccccc1C(=O)O)c1cc2c(cc1C)C(C)(C)CCC2(C)C. The van der Waals surface area contributed by atoms with Gasteiger partial charge in [-0.15, -0.1) is 0 Å². The third-order valence-corrected chi connectivity index (χ3v) is 6.44. The Morgan fingerprint density at radius 1 is 0.966 bits per heavy atom. The van der Waals surface area contributed by atoms with Crippen LogP contribution in [0.4, 0.5) is 0 Å². The summed E-state index contributed by atoms with van der Waals surface area (Å²) in [6.45, 7) is 13.7. The van der Waals surface area contributed by atoms with Gasteiger partial charge in [0.25, 0.3) is 0 Å². The number of aromatic carboxylic acids is 1. The fraction of sp³-hybridized carbons (Fsp3) is 0.370. The van der Waals surface area contributed by atoms with Crippen molar-refractivity contribution in [2.24, 2.45) is 0 Å². The molecule has 0 fully saturated rings. The number of rotatable bonds is 4. The van der Waals surface area contributed by atoms with E-state index in [9.17, 15) is 9.90 Å². The summed E-state index contributed by atoms with van der Waals surface area (Å²) in [7, 11) is 0. The summed E-state index contributed by atoms with van der Waals surface area (Å²) >= 11 is 0. The second kappa shape index (κ2) is 7.67. The number of benzene rings is 2. The molecule has 2 nitrogen and oxygen atoms in total. The summed E-state index contributed by atoms with van der Waals surface area (Å²) in [5.41, 5.74) is 8.13. The lowest BCUT2D eigenvalue weighted by atomic mass is 9.62. The van der Waals surface area contributed by atoms with Gasteiger partial charge in [-0.2, -0.15) is 0 Å². The van der Waals surface area contributed by atoms with Crippen LogP contribution in [0.5, 0.6) is 0 Å². The maximum atomic E-state index is 11.4. The summed E-state index contributed by atoms with van der Waals surface area (Å²) in [5.74, 6) is -0.902. The van der Waals surface area contributed by atoms with Gasteiger partial charge >= 0.3 is 5.97 Å². The Morgan fingerprint density at radius 2 is 1.55 bits per heavy atom. The maximum Gasteiger partial charge on any atom is 0.336 e. The maximum absolute atomic E-state index is 11.4. The van der Waals surface area contributed by atoms with Crippen molar-refractivity contribution in [3.8, 4) is 0 Å². The standard InChI is InChI=1S/C27H32O2/c1-18(10-9-12-20-11-7-8-13-21(20)25(28)29)22-17-24-23(16-19(22)2)26(3,4)14-15-27(24,5)6/h7-13,16-17H,14-15H2,1-6H3,(H,28,29)/b12-9+,18-10+. The summed E-state index contributed by atoms with van der Waals surface area (Å²) < 4.78 is 0. The molecule has 0 radical (unpaired) electrons. The van der Waals surface area contributed by atoms with Gasteiger partial charge in [0.05, 0.1) is 5.56 Å². The number of fused-ring (bicyclic) bond motifs is 1. The fourth-order valence-electron chi connectivity index (χ4n) is 4.37. The Kier molecular flexibility index (Phi) is 5.58. The number of hydrogen-bond donors (Lipinski definition) is 1. The van der Waals surface area contributed by atoms with E-state index in [1.807, 2.05) is 24.3 Å². The Labute approximate surface area is 175 Å². The van der Waals surface area contributed by atoms with Crippen molar-refractivity contribution in [3.63, 3.8) is 0 Å². The molecule has 152 valence electrons. The van der Waals surface area contributed by atoms with Gasteiger partial charge in [-0.05, 0) is 77.0 Å². The monoisotopic (exact) mass is 388 g/mol. The minimum atomic E-state index is -0.902. The van der Waals surface area contributed by atoms with Crippen molar-refractivity contribution in [1.82, 2.24) is 0 Å². The normalized spacial score (nSPS) is 17.9. The van der Waals surface area contributed by atoms with E-state index < -0.39 is 5.97 Å². The molecule has 0 atom stereocenters. The Balaban J connectivity index is 1.98. The predicted molar refractivity (Wildman–Crippen MR) is 123 cm³/mol. The Hall–Kier alpha value is -2.61. The lowest BCUT2D eigenvalue weighted by Gasteiger charge is -2.42. The minimum absolute atomic E-state index is 0.184. The second-order valence-corrected chi connectivity index (χ2v) is 9.58. The molecule has 2 aromatic carbocycles. The van der Waals surface area contributed by atoms with Gasteiger partial charge < -0.3 is 5.11 Å². The van der Waals surface area contributed by atoms with Gasteiger partial charge in [0, 0.05) is 0 Å². The van der Waals surface area contributed by atoms with Gasteiger partial charge in [0.1, 0.15) is 0 Å². The number of aryl methyl sites for hydroxylation is 1. The molecule has 0 unspecified atom stereocenters. The number of carboxylic acid groups (broad SMARTS) is 1. The van der Waals surface area contributed by atoms with Crippen LogP contribution in [0, 0.1) is 6.92 Å². The van der Waals surface area contributed by atoms with Crippen LogP contribution >= 0.6 is 0 Å². The Morgan fingerprint density at radius 3 is 2.17 bits per heavy atom. The summed E-state index contributed by atoms with van der Waals surface area (Å²) in [6.07, 6.45) is 8.31. The van der Waals surface area contributed by atoms with E-state index in [4.69, 9.17) is 0 Å². The number of carbonyl (C=O) groups is 1. The van der Waals surface area contributed by atoms with Crippen molar-refractivity contribution in [2.45, 2.75) is 65.2 Å². The van der Waals surface area contributed by atoms with Crippen molar-refractivity contribution in [3.05, 3.63) is 81.9 Å². The van der Waals surface area contributed by atoms with Crippen molar-refractivity contribution in [1.29, 1.82) is 0 Å². The molecule has 0 aliphatic heterocycles. The zero-order valence-electron chi connectivity index (χ0n) is 18.5. The minimum Gasteiger partial charge on any atom is -0.478 e. The van der Waals surface area contributed by atoms with Crippen LogP contribution in [0.25, 0.3) is 11.6 Å². The molecule has 1 N–H and O–H groups in total. The van der Waals surface area contributed by atoms with E-state index in [2.05, 4.69) is 59.8 Å². The highest BCUT2D eigenvalue weighted by Crippen LogP contribution is 2.47.